The lowest BCUT2D eigenvalue weighted by molar-refractivity contribution is -0.525. The van der Waals surface area contributed by atoms with E-state index < -0.39 is 11.9 Å². The normalized spacial score (nSPS) is 19.4. The van der Waals surface area contributed by atoms with Gasteiger partial charge in [-0.3, -0.25) is 4.90 Å². The van der Waals surface area contributed by atoms with Crippen LogP contribution in [0.5, 0.6) is 0 Å². The van der Waals surface area contributed by atoms with Crippen molar-refractivity contribution in [2.24, 2.45) is 0 Å². The number of morpholine rings is 1. The molecule has 1 amide bonds. The lowest BCUT2D eigenvalue weighted by atomic mass is 10.2. The number of carbonyl (C=O) groups is 1. The van der Waals surface area contributed by atoms with Gasteiger partial charge in [0.25, 0.3) is 0 Å². The van der Waals surface area contributed by atoms with Gasteiger partial charge >= 0.3 is 12.5 Å². The van der Waals surface area contributed by atoms with E-state index >= 15 is 0 Å². The van der Waals surface area contributed by atoms with Crippen LogP contribution in [0.25, 0.3) is 0 Å². The van der Waals surface area contributed by atoms with Gasteiger partial charge in [-0.1, -0.05) is 0 Å². The third-order valence-electron chi connectivity index (χ3n) is 2.86. The van der Waals surface area contributed by atoms with E-state index in [4.69, 9.17) is 14.2 Å². The average Bonchev–Trinajstić information content (AvgIpc) is 2.38. The summed E-state index contributed by atoms with van der Waals surface area (Å²) in [7, 11) is 0. The number of hydrogen-bond acceptors (Lipinski definition) is 4. The van der Waals surface area contributed by atoms with Crippen LogP contribution in [0.2, 0.25) is 0 Å². The summed E-state index contributed by atoms with van der Waals surface area (Å²) in [4.78, 5) is 13.6. The van der Waals surface area contributed by atoms with E-state index in [0.29, 0.717) is 19.7 Å². The minimum absolute atomic E-state index is 0.322. The Bertz CT molecular complexity index is 344. The highest BCUT2D eigenvalue weighted by atomic mass is 16.7. The largest absolute Gasteiger partial charge is 0.444 e. The summed E-state index contributed by atoms with van der Waals surface area (Å²) < 4.78 is 18.4. The van der Waals surface area contributed by atoms with Gasteiger partial charge in [-0.05, 0) is 34.6 Å². The van der Waals surface area contributed by atoms with Gasteiger partial charge < -0.3 is 14.2 Å². The Morgan fingerprint density at radius 3 is 2.60 bits per heavy atom. The zero-order chi connectivity index (χ0) is 15.2. The summed E-state index contributed by atoms with van der Waals surface area (Å²) in [5, 5.41) is 0. The van der Waals surface area contributed by atoms with Gasteiger partial charge in [-0.15, -0.1) is 0 Å². The summed E-state index contributed by atoms with van der Waals surface area (Å²) in [6.07, 6.45) is 0.914. The van der Waals surface area contributed by atoms with Crippen molar-refractivity contribution in [1.29, 1.82) is 0 Å². The van der Waals surface area contributed by atoms with Crippen molar-refractivity contribution in [3.63, 3.8) is 0 Å². The minimum atomic E-state index is -0.487. The molecule has 116 valence electrons. The summed E-state index contributed by atoms with van der Waals surface area (Å²) in [6, 6.07) is 0. The second-order valence-corrected chi connectivity index (χ2v) is 5.69. The first-order valence-corrected chi connectivity index (χ1v) is 7.18. The fourth-order valence-corrected chi connectivity index (χ4v) is 1.72. The molecule has 1 aliphatic heterocycles. The van der Waals surface area contributed by atoms with Gasteiger partial charge in [0.15, 0.2) is 0 Å². The molecule has 0 aromatic heterocycles. The Balaban J connectivity index is 2.50. The van der Waals surface area contributed by atoms with E-state index in [-0.39, 0.29) is 6.09 Å². The van der Waals surface area contributed by atoms with Crippen molar-refractivity contribution < 1.29 is 23.6 Å². The molecule has 0 bridgehead atoms. The van der Waals surface area contributed by atoms with E-state index in [9.17, 15) is 4.79 Å². The monoisotopic (exact) mass is 287 g/mol. The van der Waals surface area contributed by atoms with Crippen LogP contribution < -0.4 is 0 Å². The molecule has 0 aromatic carbocycles. The topological polar surface area (TPSA) is 51.0 Å². The Morgan fingerprint density at radius 2 is 2.05 bits per heavy atom. The fraction of sp³-hybridized carbons (Fsp3) is 0.857. The molecule has 1 unspecified atom stereocenters. The maximum Gasteiger partial charge on any atom is 0.410 e. The molecule has 0 radical (unpaired) electrons. The highest BCUT2D eigenvalue weighted by Gasteiger charge is 2.29. The van der Waals surface area contributed by atoms with Crippen LogP contribution in [0.15, 0.2) is 0 Å². The van der Waals surface area contributed by atoms with Crippen LogP contribution in [0, 0.1) is 0 Å². The number of amides is 1. The molecule has 0 aliphatic carbocycles. The summed E-state index contributed by atoms with van der Waals surface area (Å²) in [6.45, 7) is 12.8. The van der Waals surface area contributed by atoms with Crippen molar-refractivity contribution in [3.05, 3.63) is 0 Å². The first-order chi connectivity index (χ1) is 9.35. The molecule has 6 nitrogen and oxygen atoms in total. The molecule has 0 spiro atoms. The number of nitrogens with zero attached hydrogens (tertiary/aromatic N) is 2. The molecule has 1 heterocycles. The minimum Gasteiger partial charge on any atom is -0.444 e. The molecule has 0 N–H and O–H groups in total. The first-order valence-electron chi connectivity index (χ1n) is 7.18. The molecule has 0 saturated carbocycles. The lowest BCUT2D eigenvalue weighted by Gasteiger charge is -2.33. The smallest absolute Gasteiger partial charge is 0.410 e. The molecule has 1 saturated heterocycles. The summed E-state index contributed by atoms with van der Waals surface area (Å²) in [5.74, 6) is 0. The average molecular weight is 287 g/mol. The van der Waals surface area contributed by atoms with Gasteiger partial charge in [0.1, 0.15) is 18.7 Å². The molecule has 20 heavy (non-hydrogen) atoms. The molecular weight excluding hydrogens is 260 g/mol. The quantitative estimate of drug-likeness (QED) is 0.448. The van der Waals surface area contributed by atoms with Gasteiger partial charge in [0, 0.05) is 6.54 Å². The second kappa shape index (κ2) is 7.47. The molecule has 1 aliphatic rings. The zero-order valence-electron chi connectivity index (χ0n) is 13.2. The second-order valence-electron chi connectivity index (χ2n) is 5.69. The van der Waals surface area contributed by atoms with Crippen LogP contribution in [0.3, 0.4) is 0 Å². The van der Waals surface area contributed by atoms with Gasteiger partial charge in [-0.25, -0.2) is 9.37 Å². The van der Waals surface area contributed by atoms with Gasteiger partial charge in [0.2, 0.25) is 6.29 Å². The van der Waals surface area contributed by atoms with Crippen LogP contribution in [0.4, 0.5) is 4.79 Å². The third-order valence-corrected chi connectivity index (χ3v) is 2.86. The van der Waals surface area contributed by atoms with Crippen molar-refractivity contribution in [3.8, 4) is 0 Å². The SMILES string of the molecule is CC[N+](=COC1CN(C(=O)OC(C)(C)C)CCO1)CC. The zero-order valence-corrected chi connectivity index (χ0v) is 13.2. The van der Waals surface area contributed by atoms with E-state index in [1.165, 1.54) is 0 Å². The molecule has 0 aromatic rings. The molecule has 1 rings (SSSR count). The number of rotatable bonds is 4. The van der Waals surface area contributed by atoms with E-state index in [1.807, 2.05) is 25.3 Å². The first kappa shape index (κ1) is 16.8. The Morgan fingerprint density at radius 1 is 1.40 bits per heavy atom. The van der Waals surface area contributed by atoms with Crippen molar-refractivity contribution in [1.82, 2.24) is 4.90 Å². The Kier molecular flexibility index (Phi) is 6.26. The maximum atomic E-state index is 12.0. The molecule has 6 heteroatoms. The molecule has 1 fully saturated rings. The highest BCUT2D eigenvalue weighted by molar-refractivity contribution is 5.68. The molecule has 1 atom stereocenters. The van der Waals surface area contributed by atoms with E-state index in [1.54, 1.807) is 11.3 Å². The van der Waals surface area contributed by atoms with Crippen LogP contribution in [-0.4, -0.2) is 66.6 Å². The molecular formula is C14H27N2O4+. The van der Waals surface area contributed by atoms with Crippen LogP contribution in [-0.2, 0) is 14.2 Å². The Hall–Kier alpha value is -1.30. The van der Waals surface area contributed by atoms with E-state index in [2.05, 4.69) is 13.8 Å². The highest BCUT2D eigenvalue weighted by Crippen LogP contribution is 2.13. The lowest BCUT2D eigenvalue weighted by Crippen LogP contribution is -2.48. The predicted octanol–water partition coefficient (Wildman–Crippen LogP) is 1.68. The third kappa shape index (κ3) is 5.77. The van der Waals surface area contributed by atoms with Gasteiger partial charge in [0.05, 0.1) is 13.2 Å². The number of carbonyl (C=O) groups excluding carboxylic acids is 1. The van der Waals surface area contributed by atoms with Gasteiger partial charge in [-0.2, -0.15) is 0 Å². The summed E-state index contributed by atoms with van der Waals surface area (Å²) in [5.41, 5.74) is -0.487. The van der Waals surface area contributed by atoms with Crippen LogP contribution in [0.1, 0.15) is 34.6 Å². The number of hydrogen-bond donors (Lipinski definition) is 0. The van der Waals surface area contributed by atoms with Crippen LogP contribution >= 0.6 is 0 Å². The Labute approximate surface area is 121 Å². The van der Waals surface area contributed by atoms with E-state index in [0.717, 1.165) is 13.1 Å². The fourth-order valence-electron chi connectivity index (χ4n) is 1.72. The number of ether oxygens (including phenoxy) is 3. The standard InChI is InChI=1S/C14H27N2O4/c1-6-15(7-2)11-19-12-10-16(8-9-18-12)13(17)20-14(3,4)5/h11-12H,6-10H2,1-5H3/q+1. The van der Waals surface area contributed by atoms with Crippen molar-refractivity contribution >= 4 is 12.5 Å². The van der Waals surface area contributed by atoms with Crippen molar-refractivity contribution in [2.45, 2.75) is 46.5 Å². The maximum absolute atomic E-state index is 12.0. The van der Waals surface area contributed by atoms with Crippen molar-refractivity contribution in [2.75, 3.05) is 32.8 Å². The summed E-state index contributed by atoms with van der Waals surface area (Å²) >= 11 is 0. The predicted molar refractivity (Wildman–Crippen MR) is 76.0 cm³/mol.